The minimum Gasteiger partial charge on any atom is -0.481 e. The zero-order chi connectivity index (χ0) is 98.7. The summed E-state index contributed by atoms with van der Waals surface area (Å²) >= 11 is 0. The van der Waals surface area contributed by atoms with Gasteiger partial charge in [0, 0.05) is 138 Å². The molecule has 0 amide bonds. The highest BCUT2D eigenvalue weighted by atomic mass is 19.1. The van der Waals surface area contributed by atoms with Crippen molar-refractivity contribution in [3.63, 3.8) is 0 Å². The molecule has 17 rings (SSSR count). The first kappa shape index (κ1) is 104. The number of aromatic amines is 6. The van der Waals surface area contributed by atoms with Crippen LogP contribution in [0.5, 0.6) is 0 Å². The van der Waals surface area contributed by atoms with Crippen LogP contribution in [0, 0.1) is 50.5 Å². The number of hydrogen-bond acceptors (Lipinski definition) is 12. The van der Waals surface area contributed by atoms with Gasteiger partial charge in [0.2, 0.25) is 0 Å². The van der Waals surface area contributed by atoms with E-state index in [4.69, 9.17) is 0 Å². The van der Waals surface area contributed by atoms with Crippen LogP contribution in [-0.4, -0.2) is 125 Å². The predicted molar refractivity (Wildman–Crippen MR) is 549 cm³/mol. The Morgan fingerprint density at radius 1 is 0.388 bits per heavy atom. The number of nitrogens with zero attached hydrogens (tertiary/aromatic N) is 10. The summed E-state index contributed by atoms with van der Waals surface area (Å²) in [7, 11) is 0. The van der Waals surface area contributed by atoms with Crippen LogP contribution in [-0.2, 0) is 112 Å². The van der Waals surface area contributed by atoms with Crippen molar-refractivity contribution in [2.45, 2.75) is 288 Å². The third kappa shape index (κ3) is 31.0. The lowest BCUT2D eigenvalue weighted by molar-refractivity contribution is -0.143. The molecular formula is C115H148F4N16O4. The first-order valence-corrected chi connectivity index (χ1v) is 50.8. The highest BCUT2D eigenvalue weighted by Crippen LogP contribution is 2.47. The lowest BCUT2D eigenvalue weighted by Crippen LogP contribution is -2.44. The molecule has 20 nitrogen and oxygen atoms in total. The highest BCUT2D eigenvalue weighted by Gasteiger charge is 2.39. The summed E-state index contributed by atoms with van der Waals surface area (Å²) in [5.41, 5.74) is 20.5. The van der Waals surface area contributed by atoms with Crippen LogP contribution in [0.3, 0.4) is 0 Å². The van der Waals surface area contributed by atoms with Crippen molar-refractivity contribution < 1.29 is 37.4 Å². The van der Waals surface area contributed by atoms with Crippen LogP contribution < -0.4 is 9.80 Å². The van der Waals surface area contributed by atoms with Crippen LogP contribution in [0.25, 0.3) is 22.5 Å². The molecule has 0 spiro atoms. The fraction of sp³-hybridized carbons (Fsp3) is 0.478. The molecule has 2 aliphatic carbocycles. The van der Waals surface area contributed by atoms with E-state index in [1.54, 1.807) is 18.3 Å². The number of aromatic nitrogens is 14. The number of aliphatic carboxylic acids is 2. The number of pyridine rings is 2. The second-order valence-corrected chi connectivity index (χ2v) is 42.2. The second-order valence-electron chi connectivity index (χ2n) is 42.2. The Bertz CT molecular complexity index is 5760. The van der Waals surface area contributed by atoms with E-state index >= 15 is 0 Å². The predicted octanol–water partition coefficient (Wildman–Crippen LogP) is 25.8. The number of anilines is 3. The lowest BCUT2D eigenvalue weighted by atomic mass is 9.75. The van der Waals surface area contributed by atoms with Crippen molar-refractivity contribution >= 4 is 29.1 Å². The zero-order valence-corrected chi connectivity index (χ0v) is 84.0. The molecule has 0 radical (unpaired) electrons. The monoisotopic (exact) mass is 1890 g/mol. The van der Waals surface area contributed by atoms with E-state index in [2.05, 4.69) is 236 Å². The van der Waals surface area contributed by atoms with Gasteiger partial charge in [-0.15, -0.1) is 0 Å². The van der Waals surface area contributed by atoms with Crippen molar-refractivity contribution in [3.8, 4) is 22.5 Å². The Kier molecular flexibility index (Phi) is 36.9. The van der Waals surface area contributed by atoms with Crippen molar-refractivity contribution in [3.05, 3.63) is 303 Å². The van der Waals surface area contributed by atoms with Crippen LogP contribution in [0.15, 0.2) is 195 Å². The second kappa shape index (κ2) is 49.2. The molecular weight excluding hydrogens is 1750 g/mol. The van der Waals surface area contributed by atoms with Crippen molar-refractivity contribution in [1.29, 1.82) is 0 Å². The zero-order valence-electron chi connectivity index (χ0n) is 84.0. The molecule has 24 heteroatoms. The normalized spacial score (nSPS) is 15.7. The molecule has 139 heavy (non-hydrogen) atoms. The van der Waals surface area contributed by atoms with Crippen molar-refractivity contribution in [2.24, 2.45) is 38.9 Å². The summed E-state index contributed by atoms with van der Waals surface area (Å²) < 4.78 is 52.5. The maximum absolute atomic E-state index is 13.3. The molecule has 1 saturated heterocycles. The number of hydrogen-bond donors (Lipinski definition) is 8. The highest BCUT2D eigenvalue weighted by molar-refractivity contribution is 5.78. The van der Waals surface area contributed by atoms with Gasteiger partial charge in [-0.1, -0.05) is 212 Å². The largest absolute Gasteiger partial charge is 0.481 e. The average Bonchev–Trinajstić information content (AvgIpc) is 1.63. The minimum absolute atomic E-state index is 0.162. The van der Waals surface area contributed by atoms with E-state index in [-0.39, 0.29) is 23.5 Å². The number of alkyl halides is 2. The van der Waals surface area contributed by atoms with E-state index in [0.29, 0.717) is 40.9 Å². The molecule has 5 aromatic carbocycles. The number of halogens is 4. The number of nitrogens with one attached hydrogen (secondary N) is 6. The number of carboxylic acids is 2. The van der Waals surface area contributed by atoms with Gasteiger partial charge in [0.15, 0.2) is 0 Å². The Labute approximate surface area is 820 Å². The van der Waals surface area contributed by atoms with E-state index in [1.807, 2.05) is 79.2 Å². The summed E-state index contributed by atoms with van der Waals surface area (Å²) in [6.07, 6.45) is 43.1. The van der Waals surface area contributed by atoms with Crippen molar-refractivity contribution in [1.82, 2.24) is 70.0 Å². The smallest absolute Gasteiger partial charge is 0.326 e. The summed E-state index contributed by atoms with van der Waals surface area (Å²) in [6.45, 7) is 27.5. The number of carbonyl (C=O) groups is 2. The molecule has 8 N–H and O–H groups in total. The van der Waals surface area contributed by atoms with Gasteiger partial charge >= 0.3 is 11.9 Å². The first-order valence-electron chi connectivity index (χ1n) is 50.8. The fourth-order valence-electron chi connectivity index (χ4n) is 18.9. The molecule has 2 aliphatic heterocycles. The van der Waals surface area contributed by atoms with Gasteiger partial charge in [0.05, 0.1) is 49.2 Å². The summed E-state index contributed by atoms with van der Waals surface area (Å²) in [5.74, 6) is 4.96. The Balaban J connectivity index is 0.000000146. The quantitative estimate of drug-likeness (QED) is 0.0166. The summed E-state index contributed by atoms with van der Waals surface area (Å²) in [5, 5.41) is 26.3. The van der Waals surface area contributed by atoms with Crippen LogP contribution in [0.1, 0.15) is 275 Å². The number of fused-ring (bicyclic) bond motifs is 1. The molecule has 8 aromatic heterocycles. The lowest BCUT2D eigenvalue weighted by Gasteiger charge is -2.34. The molecule has 13 aromatic rings. The molecule has 4 aliphatic rings. The average molecular weight is 1890 g/mol. The van der Waals surface area contributed by atoms with Gasteiger partial charge in [-0.25, -0.2) is 38.5 Å². The number of H-pyrrole nitrogens is 6. The van der Waals surface area contributed by atoms with E-state index < -0.39 is 36.7 Å². The topological polar surface area (TPSA) is 279 Å². The molecule has 0 bridgehead atoms. The number of aryl methyl sites for hydroxylation is 11. The van der Waals surface area contributed by atoms with E-state index in [0.717, 1.165) is 241 Å². The number of carboxylic acid groups (broad SMARTS) is 2. The Hall–Kier alpha value is -12.1. The van der Waals surface area contributed by atoms with E-state index in [1.165, 1.54) is 112 Å². The number of piperidine rings is 1. The van der Waals surface area contributed by atoms with E-state index in [9.17, 15) is 37.4 Å². The van der Waals surface area contributed by atoms with Gasteiger partial charge in [-0.2, -0.15) is 5.10 Å². The third-order valence-electron chi connectivity index (χ3n) is 29.3. The standard InChI is InChI=1S/C24H34N2O2.C23H26FN3.C23H31N5.C23H33N3O2.C22H24F3N3/c1-4-24(2,3)15-19-16-25-22(26-19)14-11-17-9-12-18(13-10-17)20-7-5-6-8-21(20)23(27)28;1-23(2,18-8-9-18)13-20-15-26-22(27-20)12-5-16-3-6-17(7-4-16)21-11-10-19(24)14-25-21;1-4-23(2,3)14-19-16-24-21(26-19)12-9-17-7-10-20(11-8-17)28-13-5-6-18-15-25-27-22(18)28;1-4-23(2,3)15-18-16-24-21(25-18)13-10-17-8-11-19(12-9-17)26-14-6-5-7-20(26)22(27)28;1-2-22(14-23,15-24)11-19-13-27-21(28-19)10-5-16-3-6-17(7-4-16)20-9-8-18(25)12-26-20/h9-10,12-13,16,20-21H,4-8,11,14-15H2,1-3H3,(H,25,26)(H,27,28);3-4,6-7,10-11,14-15,18H,5,8-9,12-13H2,1-2H3,(H,26,27);7-8,10-11,15-16H,4-6,9,12-14H2,1-3H3,(H,24,26)(H,25,27);8-9,11-12,16,20H,4-7,10,13-15H2,1-3H3,(H,24,25)(H,27,28);3-4,6-9,12-13H,2,5,10-11,14-15H2,1H3,(H,27,28). The molecule has 10 heterocycles. The number of benzene rings is 5. The molecule has 3 unspecified atom stereocenters. The molecule has 2 saturated carbocycles. The SMILES string of the molecule is CC(C)(Cc1cnc(CCc2ccc(-c3ccc(F)cn3)cc2)[nH]1)C1CC1.CCC(C)(C)Cc1cnc(CCc2ccc(C3CCCCC3C(=O)O)cc2)[nH]1.CCC(C)(C)Cc1cnc(CCc2ccc(N3CCCCC3C(=O)O)cc2)[nH]1.CCC(C)(C)Cc1cnc(CCc2ccc(N3CCCc4cn[nH]c43)cc2)[nH]1.CCC(CF)(CF)Cc1cnc(CCc2ccc(-c3ccc(F)cn3)cc2)[nH]1. The van der Waals surface area contributed by atoms with Gasteiger partial charge in [0.25, 0.3) is 0 Å². The number of imidazole rings is 5. The summed E-state index contributed by atoms with van der Waals surface area (Å²) in [4.78, 5) is 75.4. The third-order valence-corrected chi connectivity index (χ3v) is 29.3. The molecule has 3 fully saturated rings. The Morgan fingerprint density at radius 2 is 0.777 bits per heavy atom. The van der Waals surface area contributed by atoms with Crippen molar-refractivity contribution in [2.75, 3.05) is 36.2 Å². The van der Waals surface area contributed by atoms with Gasteiger partial charge in [0.1, 0.15) is 52.6 Å². The summed E-state index contributed by atoms with van der Waals surface area (Å²) in [6, 6.07) is 47.9. The van der Waals surface area contributed by atoms with Crippen LogP contribution in [0.2, 0.25) is 0 Å². The molecule has 740 valence electrons. The van der Waals surface area contributed by atoms with Crippen LogP contribution >= 0.6 is 0 Å². The van der Waals surface area contributed by atoms with Gasteiger partial charge in [-0.3, -0.25) is 28.6 Å². The first-order chi connectivity index (χ1) is 66.9. The maximum Gasteiger partial charge on any atom is 0.326 e. The van der Waals surface area contributed by atoms with Gasteiger partial charge < -0.3 is 44.9 Å². The Morgan fingerprint density at radius 3 is 1.16 bits per heavy atom. The van der Waals surface area contributed by atoms with Crippen LogP contribution in [0.4, 0.5) is 34.8 Å². The fourth-order valence-corrected chi connectivity index (χ4v) is 18.9. The maximum atomic E-state index is 13.3. The minimum atomic E-state index is -0.950. The number of rotatable bonds is 39. The molecule has 3 atom stereocenters. The van der Waals surface area contributed by atoms with Gasteiger partial charge in [-0.05, 0) is 244 Å².